The Morgan fingerprint density at radius 1 is 1.21 bits per heavy atom. The molecule has 0 atom stereocenters. The summed E-state index contributed by atoms with van der Waals surface area (Å²) in [5, 5.41) is 0.225. The average molecular weight is 350 g/mol. The first-order valence-corrected chi connectivity index (χ1v) is 9.69. The third-order valence-electron chi connectivity index (χ3n) is 5.10. The second-order valence-corrected chi connectivity index (χ2v) is 8.58. The molecule has 0 radical (unpaired) electrons. The molecule has 24 heavy (non-hydrogen) atoms. The molecule has 0 saturated carbocycles. The molecule has 0 aliphatic carbocycles. The summed E-state index contributed by atoms with van der Waals surface area (Å²) in [6, 6.07) is 5.46. The van der Waals surface area contributed by atoms with Crippen LogP contribution >= 0.6 is 0 Å². The Balaban J connectivity index is 1.64. The fraction of sp³-hybridized carbons (Fsp3) is 0.562. The van der Waals surface area contributed by atoms with E-state index >= 15 is 0 Å². The Morgan fingerprint density at radius 2 is 2.00 bits per heavy atom. The van der Waals surface area contributed by atoms with E-state index in [2.05, 4.69) is 16.9 Å². The maximum absolute atomic E-state index is 13.2. The molecular weight excluding hydrogens is 328 g/mol. The highest BCUT2D eigenvalue weighted by atomic mass is 32.2. The average Bonchev–Trinajstić information content (AvgIpc) is 3.03. The van der Waals surface area contributed by atoms with Crippen LogP contribution in [0.3, 0.4) is 0 Å². The van der Waals surface area contributed by atoms with Gasteiger partial charge in [0.2, 0.25) is 0 Å². The van der Waals surface area contributed by atoms with Gasteiger partial charge in [-0.15, -0.1) is 0 Å². The van der Waals surface area contributed by atoms with E-state index in [0.717, 1.165) is 25.9 Å². The van der Waals surface area contributed by atoms with Crippen LogP contribution in [0.15, 0.2) is 35.6 Å². The number of fused-ring (bicyclic) bond motifs is 1. The van der Waals surface area contributed by atoms with Gasteiger partial charge in [-0.25, -0.2) is 13.4 Å². The first kappa shape index (κ1) is 16.0. The minimum Gasteiger partial charge on any atom is -0.372 e. The van der Waals surface area contributed by atoms with Crippen molar-refractivity contribution in [3.05, 3.63) is 30.6 Å². The van der Waals surface area contributed by atoms with Crippen molar-refractivity contribution in [2.24, 2.45) is 0 Å². The quantitative estimate of drug-likeness (QED) is 0.802. The summed E-state index contributed by atoms with van der Waals surface area (Å²) < 4.78 is 35.5. The highest BCUT2D eigenvalue weighted by molar-refractivity contribution is 7.89. The first-order chi connectivity index (χ1) is 11.5. The summed E-state index contributed by atoms with van der Waals surface area (Å²) in [4.78, 5) is 6.47. The third-order valence-corrected chi connectivity index (χ3v) is 6.92. The molecular formula is C16H22N4O3S. The highest BCUT2D eigenvalue weighted by Gasteiger charge is 2.43. The van der Waals surface area contributed by atoms with Gasteiger partial charge < -0.3 is 9.64 Å². The Bertz CT molecular complexity index is 840. The highest BCUT2D eigenvalue weighted by Crippen LogP contribution is 2.32. The summed E-state index contributed by atoms with van der Waals surface area (Å²) >= 11 is 0. The Hall–Kier alpha value is -1.48. The summed E-state index contributed by atoms with van der Waals surface area (Å²) in [5.74, 6) is 0. The molecule has 4 rings (SSSR count). The number of hydrogen-bond acceptors (Lipinski definition) is 5. The first-order valence-electron chi connectivity index (χ1n) is 8.25. The second kappa shape index (κ2) is 5.80. The second-order valence-electron chi connectivity index (χ2n) is 6.70. The van der Waals surface area contributed by atoms with Crippen molar-refractivity contribution in [1.29, 1.82) is 0 Å². The molecule has 0 unspecified atom stereocenters. The van der Waals surface area contributed by atoms with E-state index in [0.29, 0.717) is 25.3 Å². The number of aromatic nitrogens is 2. The number of likely N-dealkylation sites (tertiary alicyclic amines) is 1. The van der Waals surface area contributed by atoms with Gasteiger partial charge in [-0.05, 0) is 32.0 Å². The Kier molecular flexibility index (Phi) is 3.87. The van der Waals surface area contributed by atoms with Gasteiger partial charge in [0, 0.05) is 32.4 Å². The topological polar surface area (TPSA) is 67.2 Å². The summed E-state index contributed by atoms with van der Waals surface area (Å²) in [6.07, 6.45) is 4.91. The predicted molar refractivity (Wildman–Crippen MR) is 89.4 cm³/mol. The smallest absolute Gasteiger partial charge is 0.260 e. The normalized spacial score (nSPS) is 23.0. The largest absolute Gasteiger partial charge is 0.372 e. The maximum atomic E-state index is 13.2. The van der Waals surface area contributed by atoms with Crippen LogP contribution in [0.25, 0.3) is 5.65 Å². The van der Waals surface area contributed by atoms with E-state index in [9.17, 15) is 8.42 Å². The number of piperidine rings is 1. The van der Waals surface area contributed by atoms with E-state index in [1.54, 1.807) is 21.0 Å². The van der Waals surface area contributed by atoms with Crippen LogP contribution in [0, 0.1) is 0 Å². The van der Waals surface area contributed by atoms with Crippen molar-refractivity contribution in [1.82, 2.24) is 18.6 Å². The lowest BCUT2D eigenvalue weighted by molar-refractivity contribution is -0.117. The lowest BCUT2D eigenvalue weighted by Crippen LogP contribution is -2.57. The number of hydrogen-bond donors (Lipinski definition) is 0. The fourth-order valence-corrected chi connectivity index (χ4v) is 5.15. The van der Waals surface area contributed by atoms with Crippen molar-refractivity contribution >= 4 is 15.7 Å². The van der Waals surface area contributed by atoms with Crippen molar-refractivity contribution in [2.75, 3.05) is 39.8 Å². The zero-order valence-corrected chi connectivity index (χ0v) is 14.6. The SMILES string of the molecule is CN1CCC2(CC1)CN(S(=O)(=O)c1cnc3ccccn13)CCO2. The maximum Gasteiger partial charge on any atom is 0.260 e. The van der Waals surface area contributed by atoms with E-state index in [1.807, 2.05) is 12.1 Å². The fourth-order valence-electron chi connectivity index (χ4n) is 3.58. The predicted octanol–water partition coefficient (Wildman–Crippen LogP) is 0.820. The third kappa shape index (κ3) is 2.63. The lowest BCUT2D eigenvalue weighted by atomic mass is 9.90. The van der Waals surface area contributed by atoms with Gasteiger partial charge in [0.05, 0.1) is 18.4 Å². The number of morpholine rings is 1. The van der Waals surface area contributed by atoms with E-state index in [-0.39, 0.29) is 10.6 Å². The van der Waals surface area contributed by atoms with Gasteiger partial charge in [-0.2, -0.15) is 4.31 Å². The molecule has 0 amide bonds. The van der Waals surface area contributed by atoms with Crippen LogP contribution in [0.2, 0.25) is 0 Å². The number of sulfonamides is 1. The van der Waals surface area contributed by atoms with Crippen LogP contribution in [0.1, 0.15) is 12.8 Å². The molecule has 7 nitrogen and oxygen atoms in total. The Morgan fingerprint density at radius 3 is 2.79 bits per heavy atom. The van der Waals surface area contributed by atoms with Crippen molar-refractivity contribution < 1.29 is 13.2 Å². The molecule has 1 spiro atoms. The molecule has 2 aliphatic rings. The molecule has 8 heteroatoms. The van der Waals surface area contributed by atoms with Gasteiger partial charge in [0.25, 0.3) is 10.0 Å². The number of nitrogens with zero attached hydrogens (tertiary/aromatic N) is 4. The van der Waals surface area contributed by atoms with E-state index in [4.69, 9.17) is 4.74 Å². The Labute approximate surface area is 141 Å². The van der Waals surface area contributed by atoms with Gasteiger partial charge in [0.15, 0.2) is 5.03 Å². The standard InChI is InChI=1S/C16H22N4O3S/c1-18-8-5-16(6-9-18)13-19(10-11-23-16)24(21,22)15-12-17-14-4-2-3-7-20(14)15/h2-4,7,12H,5-6,8-11,13H2,1H3. The van der Waals surface area contributed by atoms with Crippen LogP contribution in [-0.2, 0) is 14.8 Å². The van der Waals surface area contributed by atoms with Crippen molar-refractivity contribution in [3.8, 4) is 0 Å². The van der Waals surface area contributed by atoms with E-state index in [1.165, 1.54) is 6.20 Å². The summed E-state index contributed by atoms with van der Waals surface area (Å²) in [5.41, 5.74) is 0.288. The molecule has 2 aromatic rings. The minimum absolute atomic E-state index is 0.225. The number of pyridine rings is 1. The number of ether oxygens (including phenoxy) is 1. The van der Waals surface area contributed by atoms with Gasteiger partial charge >= 0.3 is 0 Å². The van der Waals surface area contributed by atoms with E-state index < -0.39 is 10.0 Å². The van der Waals surface area contributed by atoms with Crippen LogP contribution in [0.4, 0.5) is 0 Å². The number of imidazole rings is 1. The molecule has 2 aromatic heterocycles. The van der Waals surface area contributed by atoms with Crippen molar-refractivity contribution in [3.63, 3.8) is 0 Å². The van der Waals surface area contributed by atoms with Gasteiger partial charge in [-0.1, -0.05) is 6.07 Å². The van der Waals surface area contributed by atoms with Crippen LogP contribution < -0.4 is 0 Å². The zero-order valence-electron chi connectivity index (χ0n) is 13.8. The molecule has 130 valence electrons. The molecule has 2 fully saturated rings. The molecule has 2 aliphatic heterocycles. The molecule has 0 bridgehead atoms. The zero-order chi connectivity index (χ0) is 16.8. The van der Waals surface area contributed by atoms with Crippen LogP contribution in [-0.4, -0.2) is 72.4 Å². The van der Waals surface area contributed by atoms with Gasteiger partial charge in [0.1, 0.15) is 5.65 Å². The molecule has 4 heterocycles. The molecule has 2 saturated heterocycles. The minimum atomic E-state index is -3.59. The molecule has 0 N–H and O–H groups in total. The monoisotopic (exact) mass is 350 g/mol. The molecule has 0 aromatic carbocycles. The van der Waals surface area contributed by atoms with Gasteiger partial charge in [-0.3, -0.25) is 4.40 Å². The van der Waals surface area contributed by atoms with Crippen molar-refractivity contribution in [2.45, 2.75) is 23.5 Å². The lowest BCUT2D eigenvalue weighted by Gasteiger charge is -2.46. The summed E-state index contributed by atoms with van der Waals surface area (Å²) in [6.45, 7) is 3.12. The summed E-state index contributed by atoms with van der Waals surface area (Å²) in [7, 11) is -1.51. The van der Waals surface area contributed by atoms with Crippen LogP contribution in [0.5, 0.6) is 0 Å². The number of rotatable bonds is 2.